The standard InChI is InChI=1S/C4H9ClN2Si/c1-6-3-4-7(2)8(6)5/h3-4,8H,1-2H3. The van der Waals surface area contributed by atoms with Crippen LogP contribution in [0.4, 0.5) is 0 Å². The van der Waals surface area contributed by atoms with Gasteiger partial charge in [-0.2, -0.15) is 0 Å². The van der Waals surface area contributed by atoms with Gasteiger partial charge in [0.25, 0.3) is 0 Å². The van der Waals surface area contributed by atoms with Gasteiger partial charge < -0.3 is 9.13 Å². The Bertz CT molecular complexity index is 105. The Labute approximate surface area is 55.8 Å². The van der Waals surface area contributed by atoms with Crippen LogP contribution in [-0.2, 0) is 0 Å². The summed E-state index contributed by atoms with van der Waals surface area (Å²) >= 11 is 5.94. The maximum Gasteiger partial charge on any atom is 0.348 e. The summed E-state index contributed by atoms with van der Waals surface area (Å²) in [5, 5.41) is 0. The minimum absolute atomic E-state index is 1.21. The first-order valence-electron chi connectivity index (χ1n) is 2.48. The molecular weight excluding hydrogens is 140 g/mol. The van der Waals surface area contributed by atoms with Gasteiger partial charge in [0.05, 0.1) is 0 Å². The molecule has 0 aromatic carbocycles. The highest BCUT2D eigenvalue weighted by Crippen LogP contribution is 2.09. The average Bonchev–Trinajstić information content (AvgIpc) is 1.98. The van der Waals surface area contributed by atoms with E-state index in [-0.39, 0.29) is 0 Å². The Morgan fingerprint density at radius 2 is 1.62 bits per heavy atom. The molecule has 0 unspecified atom stereocenters. The maximum atomic E-state index is 5.94. The molecule has 0 fully saturated rings. The molecule has 1 heterocycles. The fourth-order valence-corrected chi connectivity index (χ4v) is 2.04. The third-order valence-electron chi connectivity index (χ3n) is 1.21. The Balaban J connectivity index is 2.55. The summed E-state index contributed by atoms with van der Waals surface area (Å²) in [7, 11) is 2.80. The molecule has 0 aromatic rings. The molecule has 46 valence electrons. The Hall–Kier alpha value is -0.153. The Morgan fingerprint density at radius 1 is 1.25 bits per heavy atom. The third-order valence-corrected chi connectivity index (χ3v) is 4.74. The Morgan fingerprint density at radius 3 is 1.75 bits per heavy atom. The number of nitrogens with zero attached hydrogens (tertiary/aromatic N) is 2. The molecule has 1 aliphatic heterocycles. The molecule has 0 saturated heterocycles. The van der Waals surface area contributed by atoms with Crippen LogP contribution in [0.3, 0.4) is 0 Å². The predicted molar refractivity (Wildman–Crippen MR) is 37.7 cm³/mol. The Kier molecular flexibility index (Phi) is 1.49. The van der Waals surface area contributed by atoms with Crippen LogP contribution < -0.4 is 0 Å². The SMILES string of the molecule is CN1C=CN(C)[SiH]1Cl. The van der Waals surface area contributed by atoms with Gasteiger partial charge in [-0.05, 0) is 14.1 Å². The molecule has 0 spiro atoms. The van der Waals surface area contributed by atoms with Gasteiger partial charge in [0.1, 0.15) is 0 Å². The summed E-state index contributed by atoms with van der Waals surface area (Å²) in [4.78, 5) is 0. The van der Waals surface area contributed by atoms with Crippen LogP contribution in [0.2, 0.25) is 0 Å². The molecule has 0 bridgehead atoms. The van der Waals surface area contributed by atoms with E-state index < -0.39 is 8.43 Å². The van der Waals surface area contributed by atoms with Gasteiger partial charge in [0.15, 0.2) is 0 Å². The number of halogens is 1. The fourth-order valence-electron chi connectivity index (χ4n) is 0.640. The van der Waals surface area contributed by atoms with Crippen molar-refractivity contribution in [2.45, 2.75) is 0 Å². The molecule has 0 saturated carbocycles. The zero-order valence-electron chi connectivity index (χ0n) is 5.00. The first kappa shape index (κ1) is 5.97. The minimum Gasteiger partial charge on any atom is -0.379 e. The lowest BCUT2D eigenvalue weighted by Crippen LogP contribution is -2.33. The molecule has 2 nitrogen and oxygen atoms in total. The van der Waals surface area contributed by atoms with Crippen molar-refractivity contribution in [2.24, 2.45) is 0 Å². The molecule has 1 aliphatic rings. The van der Waals surface area contributed by atoms with Crippen molar-refractivity contribution in [2.75, 3.05) is 14.1 Å². The highest BCUT2D eigenvalue weighted by atomic mass is 35.6. The summed E-state index contributed by atoms with van der Waals surface area (Å²) in [6.45, 7) is 0. The largest absolute Gasteiger partial charge is 0.379 e. The van der Waals surface area contributed by atoms with Crippen LogP contribution in [0.25, 0.3) is 0 Å². The van der Waals surface area contributed by atoms with E-state index in [1.54, 1.807) is 0 Å². The molecule has 0 aliphatic carbocycles. The van der Waals surface area contributed by atoms with Crippen molar-refractivity contribution >= 4 is 19.5 Å². The van der Waals surface area contributed by atoms with Gasteiger partial charge in [-0.25, -0.2) is 0 Å². The quantitative estimate of drug-likeness (QED) is 0.360. The molecular formula is C4H9ClN2Si. The van der Waals surface area contributed by atoms with Crippen LogP contribution in [-0.4, -0.2) is 31.7 Å². The van der Waals surface area contributed by atoms with E-state index in [1.165, 1.54) is 0 Å². The second kappa shape index (κ2) is 1.99. The van der Waals surface area contributed by atoms with E-state index >= 15 is 0 Å². The van der Waals surface area contributed by atoms with Crippen molar-refractivity contribution in [3.8, 4) is 0 Å². The van der Waals surface area contributed by atoms with Crippen LogP contribution in [0, 0.1) is 0 Å². The van der Waals surface area contributed by atoms with Crippen LogP contribution in [0.15, 0.2) is 12.4 Å². The van der Waals surface area contributed by atoms with E-state index in [2.05, 4.69) is 9.13 Å². The molecule has 0 radical (unpaired) electrons. The van der Waals surface area contributed by atoms with Crippen molar-refractivity contribution in [3.63, 3.8) is 0 Å². The highest BCUT2D eigenvalue weighted by Gasteiger charge is 2.19. The third kappa shape index (κ3) is 0.832. The molecule has 4 heteroatoms. The molecule has 1 rings (SSSR count). The normalized spacial score (nSPS) is 20.9. The van der Waals surface area contributed by atoms with Crippen molar-refractivity contribution in [3.05, 3.63) is 12.4 Å². The summed E-state index contributed by atoms with van der Waals surface area (Å²) in [5.41, 5.74) is 0. The summed E-state index contributed by atoms with van der Waals surface area (Å²) in [5.74, 6) is 0. The fraction of sp³-hybridized carbons (Fsp3) is 0.500. The number of rotatable bonds is 0. The van der Waals surface area contributed by atoms with Gasteiger partial charge in [-0.1, -0.05) is 0 Å². The second-order valence-corrected chi connectivity index (χ2v) is 5.36. The summed E-state index contributed by atoms with van der Waals surface area (Å²) < 4.78 is 4.14. The molecule has 0 atom stereocenters. The van der Waals surface area contributed by atoms with Crippen molar-refractivity contribution in [1.82, 2.24) is 9.13 Å². The number of hydrogen-bond acceptors (Lipinski definition) is 2. The summed E-state index contributed by atoms with van der Waals surface area (Å²) in [6.07, 6.45) is 4.01. The predicted octanol–water partition coefficient (Wildman–Crippen LogP) is 0.291. The van der Waals surface area contributed by atoms with E-state index in [4.69, 9.17) is 11.1 Å². The van der Waals surface area contributed by atoms with Crippen LogP contribution in [0.5, 0.6) is 0 Å². The van der Waals surface area contributed by atoms with Gasteiger partial charge in [-0.15, -0.1) is 11.1 Å². The van der Waals surface area contributed by atoms with E-state index in [1.807, 2.05) is 26.5 Å². The molecule has 0 aromatic heterocycles. The lowest BCUT2D eigenvalue weighted by Gasteiger charge is -2.17. The van der Waals surface area contributed by atoms with Gasteiger partial charge >= 0.3 is 8.43 Å². The first-order chi connectivity index (χ1) is 3.72. The van der Waals surface area contributed by atoms with Gasteiger partial charge in [-0.3, -0.25) is 0 Å². The zero-order chi connectivity index (χ0) is 6.15. The second-order valence-electron chi connectivity index (χ2n) is 1.94. The van der Waals surface area contributed by atoms with Gasteiger partial charge in [0, 0.05) is 12.4 Å². The van der Waals surface area contributed by atoms with Crippen LogP contribution >= 0.6 is 11.1 Å². The van der Waals surface area contributed by atoms with Crippen molar-refractivity contribution in [1.29, 1.82) is 0 Å². The average molecular weight is 149 g/mol. The monoisotopic (exact) mass is 148 g/mol. The molecule has 8 heavy (non-hydrogen) atoms. The topological polar surface area (TPSA) is 6.48 Å². The lowest BCUT2D eigenvalue weighted by molar-refractivity contribution is 0.669. The van der Waals surface area contributed by atoms with Crippen molar-refractivity contribution < 1.29 is 0 Å². The number of hydrogen-bond donors (Lipinski definition) is 0. The van der Waals surface area contributed by atoms with Gasteiger partial charge in [0.2, 0.25) is 0 Å². The maximum absolute atomic E-state index is 5.94. The highest BCUT2D eigenvalue weighted by molar-refractivity contribution is 7.04. The van der Waals surface area contributed by atoms with E-state index in [9.17, 15) is 0 Å². The lowest BCUT2D eigenvalue weighted by atomic mass is 10.9. The smallest absolute Gasteiger partial charge is 0.348 e. The minimum atomic E-state index is -1.21. The zero-order valence-corrected chi connectivity index (χ0v) is 6.92. The first-order valence-corrected chi connectivity index (χ1v) is 5.26. The van der Waals surface area contributed by atoms with Crippen LogP contribution in [0.1, 0.15) is 0 Å². The van der Waals surface area contributed by atoms with E-state index in [0.29, 0.717) is 0 Å². The summed E-state index contributed by atoms with van der Waals surface area (Å²) in [6, 6.07) is 0. The molecule has 0 N–H and O–H groups in total. The van der Waals surface area contributed by atoms with E-state index in [0.717, 1.165) is 0 Å². The molecule has 0 amide bonds.